The zero-order valence-corrected chi connectivity index (χ0v) is 23.0. The molecule has 3 aromatic rings. The minimum Gasteiger partial charge on any atom is -0.475 e. The van der Waals surface area contributed by atoms with Gasteiger partial charge in [0, 0.05) is 35.8 Å². The summed E-state index contributed by atoms with van der Waals surface area (Å²) in [7, 11) is 0. The molecular formula is C29H39FN6O4. The van der Waals surface area contributed by atoms with Gasteiger partial charge in [-0.3, -0.25) is 4.79 Å². The predicted molar refractivity (Wildman–Crippen MR) is 154 cm³/mol. The third-order valence-corrected chi connectivity index (χ3v) is 6.80. The maximum Gasteiger partial charge on any atom is 0.252 e. The van der Waals surface area contributed by atoms with Crippen LogP contribution in [0, 0.1) is 5.82 Å². The molecule has 1 saturated carbocycles. The SMILES string of the molecule is CCCCOCCOCCOc1ccc2cc(Nc3nc(NC4CCCC[C@@H]4N)c(F)cc3C(N)=O)ccc2n1. The Kier molecular flexibility index (Phi) is 10.8. The molecule has 1 aliphatic rings. The van der Waals surface area contributed by atoms with Crippen LogP contribution in [0.4, 0.5) is 21.7 Å². The Morgan fingerprint density at radius 2 is 1.77 bits per heavy atom. The molecule has 1 aliphatic carbocycles. The van der Waals surface area contributed by atoms with Gasteiger partial charge < -0.3 is 36.3 Å². The second-order valence-corrected chi connectivity index (χ2v) is 9.89. The number of nitrogens with zero attached hydrogens (tertiary/aromatic N) is 2. The fraction of sp³-hybridized carbons (Fsp3) is 0.483. The summed E-state index contributed by atoms with van der Waals surface area (Å²) in [5.74, 6) is -0.759. The Morgan fingerprint density at radius 1 is 1.00 bits per heavy atom. The fourth-order valence-electron chi connectivity index (χ4n) is 4.56. The molecular weight excluding hydrogens is 515 g/mol. The number of primary amides is 1. The highest BCUT2D eigenvalue weighted by atomic mass is 19.1. The maximum absolute atomic E-state index is 14.8. The number of amides is 1. The molecule has 40 heavy (non-hydrogen) atoms. The molecule has 1 fully saturated rings. The maximum atomic E-state index is 14.8. The molecule has 0 spiro atoms. The molecule has 1 aromatic carbocycles. The lowest BCUT2D eigenvalue weighted by molar-refractivity contribution is 0.0351. The average molecular weight is 555 g/mol. The van der Waals surface area contributed by atoms with Gasteiger partial charge in [-0.25, -0.2) is 14.4 Å². The standard InChI is InChI=1S/C29H39FN6O4/c1-2-3-12-38-13-14-39-15-16-40-26-11-8-19-17-20(9-10-24(19)34-26)33-28-21(27(32)37)18-22(30)29(36-28)35-25-7-5-4-6-23(25)31/h8-11,17-18,23,25H,2-7,12-16,31H2,1H3,(H2,32,37)(H2,33,35,36)/t23-,25?/m0/s1. The van der Waals surface area contributed by atoms with Crippen molar-refractivity contribution in [3.8, 4) is 5.88 Å². The number of anilines is 3. The van der Waals surface area contributed by atoms with Crippen LogP contribution in [0.3, 0.4) is 0 Å². The number of unbranched alkanes of at least 4 members (excludes halogenated alkanes) is 1. The Balaban J connectivity index is 1.38. The van der Waals surface area contributed by atoms with Crippen LogP contribution in [-0.4, -0.2) is 61.0 Å². The Morgan fingerprint density at radius 3 is 2.55 bits per heavy atom. The van der Waals surface area contributed by atoms with Crippen LogP contribution < -0.4 is 26.8 Å². The van der Waals surface area contributed by atoms with E-state index >= 15 is 0 Å². The quantitative estimate of drug-likeness (QED) is 0.199. The molecule has 0 radical (unpaired) electrons. The topological polar surface area (TPSA) is 147 Å². The molecule has 10 nitrogen and oxygen atoms in total. The summed E-state index contributed by atoms with van der Waals surface area (Å²) in [5.41, 5.74) is 13.1. The van der Waals surface area contributed by atoms with E-state index in [1.165, 1.54) is 0 Å². The second kappa shape index (κ2) is 14.7. The number of hydrogen-bond donors (Lipinski definition) is 4. The molecule has 0 aliphatic heterocycles. The van der Waals surface area contributed by atoms with Crippen molar-refractivity contribution in [1.29, 1.82) is 0 Å². The van der Waals surface area contributed by atoms with Gasteiger partial charge in [0.25, 0.3) is 5.91 Å². The fourth-order valence-corrected chi connectivity index (χ4v) is 4.56. The normalized spacial score (nSPS) is 17.1. The summed E-state index contributed by atoms with van der Waals surface area (Å²) in [4.78, 5) is 21.0. The highest BCUT2D eigenvalue weighted by Crippen LogP contribution is 2.28. The number of pyridine rings is 2. The zero-order valence-electron chi connectivity index (χ0n) is 23.0. The van der Waals surface area contributed by atoms with Crippen LogP contribution in [0.1, 0.15) is 55.8 Å². The summed E-state index contributed by atoms with van der Waals surface area (Å²) in [5, 5.41) is 7.07. The first-order valence-electron chi connectivity index (χ1n) is 13.9. The van der Waals surface area contributed by atoms with Crippen LogP contribution in [0.25, 0.3) is 10.9 Å². The van der Waals surface area contributed by atoms with Gasteiger partial charge >= 0.3 is 0 Å². The first-order chi connectivity index (χ1) is 19.4. The monoisotopic (exact) mass is 554 g/mol. The lowest BCUT2D eigenvalue weighted by atomic mass is 9.91. The van der Waals surface area contributed by atoms with Gasteiger partial charge in [0.1, 0.15) is 12.4 Å². The summed E-state index contributed by atoms with van der Waals surface area (Å²) in [6.45, 7) is 4.81. The van der Waals surface area contributed by atoms with Crippen LogP contribution in [0.2, 0.25) is 0 Å². The van der Waals surface area contributed by atoms with E-state index in [0.717, 1.165) is 62.1 Å². The van der Waals surface area contributed by atoms with Crippen LogP contribution in [-0.2, 0) is 9.47 Å². The van der Waals surface area contributed by atoms with E-state index in [9.17, 15) is 9.18 Å². The van der Waals surface area contributed by atoms with Crippen LogP contribution >= 0.6 is 0 Å². The number of benzene rings is 1. The van der Waals surface area contributed by atoms with Gasteiger partial charge in [-0.15, -0.1) is 0 Å². The molecule has 4 rings (SSSR count). The van der Waals surface area contributed by atoms with Crippen LogP contribution in [0.15, 0.2) is 36.4 Å². The van der Waals surface area contributed by atoms with E-state index in [2.05, 4.69) is 27.5 Å². The zero-order chi connectivity index (χ0) is 28.3. The summed E-state index contributed by atoms with van der Waals surface area (Å²) >= 11 is 0. The Bertz CT molecular complexity index is 1280. The molecule has 2 aromatic heterocycles. The molecule has 0 bridgehead atoms. The van der Waals surface area contributed by atoms with E-state index in [-0.39, 0.29) is 29.3 Å². The van der Waals surface area contributed by atoms with Crippen molar-refractivity contribution >= 4 is 34.1 Å². The smallest absolute Gasteiger partial charge is 0.252 e. The number of nitrogens with two attached hydrogens (primary N) is 2. The lowest BCUT2D eigenvalue weighted by Gasteiger charge is -2.30. The van der Waals surface area contributed by atoms with E-state index < -0.39 is 11.7 Å². The highest BCUT2D eigenvalue weighted by molar-refractivity contribution is 5.99. The predicted octanol–water partition coefficient (Wildman–Crippen LogP) is 4.51. The van der Waals surface area contributed by atoms with Gasteiger partial charge in [0.05, 0.1) is 30.9 Å². The van der Waals surface area contributed by atoms with E-state index in [0.29, 0.717) is 38.0 Å². The highest BCUT2D eigenvalue weighted by Gasteiger charge is 2.24. The number of hydrogen-bond acceptors (Lipinski definition) is 9. The van der Waals surface area contributed by atoms with Crippen LogP contribution in [0.5, 0.6) is 5.88 Å². The van der Waals surface area contributed by atoms with Crippen molar-refractivity contribution in [2.45, 2.75) is 57.5 Å². The van der Waals surface area contributed by atoms with E-state index in [1.54, 1.807) is 12.1 Å². The molecule has 6 N–H and O–H groups in total. The largest absolute Gasteiger partial charge is 0.475 e. The molecule has 1 unspecified atom stereocenters. The third-order valence-electron chi connectivity index (χ3n) is 6.80. The molecule has 11 heteroatoms. The number of fused-ring (bicyclic) bond motifs is 1. The Labute approximate surface area is 234 Å². The average Bonchev–Trinajstić information content (AvgIpc) is 2.94. The van der Waals surface area contributed by atoms with Crippen molar-refractivity contribution in [2.75, 3.05) is 43.7 Å². The summed E-state index contributed by atoms with van der Waals surface area (Å²) in [6, 6.07) is 10.0. The van der Waals surface area contributed by atoms with Crippen molar-refractivity contribution in [3.63, 3.8) is 0 Å². The second-order valence-electron chi connectivity index (χ2n) is 9.89. The minimum absolute atomic E-state index is 0.0343. The summed E-state index contributed by atoms with van der Waals surface area (Å²) < 4.78 is 31.5. The third kappa shape index (κ3) is 8.23. The van der Waals surface area contributed by atoms with Crippen molar-refractivity contribution < 1.29 is 23.4 Å². The van der Waals surface area contributed by atoms with Gasteiger partial charge in [0.2, 0.25) is 5.88 Å². The molecule has 0 saturated heterocycles. The Hall–Kier alpha value is -3.54. The summed E-state index contributed by atoms with van der Waals surface area (Å²) in [6.07, 6.45) is 5.92. The first-order valence-corrected chi connectivity index (χ1v) is 13.9. The number of nitrogens with one attached hydrogen (secondary N) is 2. The molecule has 1 amide bonds. The van der Waals surface area contributed by atoms with Gasteiger partial charge in [-0.2, -0.15) is 0 Å². The van der Waals surface area contributed by atoms with Crippen molar-refractivity contribution in [1.82, 2.24) is 9.97 Å². The number of halogens is 1. The van der Waals surface area contributed by atoms with Crippen molar-refractivity contribution in [2.24, 2.45) is 11.5 Å². The first kappa shape index (κ1) is 29.4. The number of ether oxygens (including phenoxy) is 3. The molecule has 2 heterocycles. The minimum atomic E-state index is -0.785. The molecule has 2 atom stereocenters. The number of carbonyl (C=O) groups is 1. The van der Waals surface area contributed by atoms with Gasteiger partial charge in [0.15, 0.2) is 11.6 Å². The molecule has 216 valence electrons. The number of rotatable bonds is 15. The lowest BCUT2D eigenvalue weighted by Crippen LogP contribution is -2.43. The van der Waals surface area contributed by atoms with Gasteiger partial charge in [-0.1, -0.05) is 26.2 Å². The van der Waals surface area contributed by atoms with Gasteiger partial charge in [-0.05, 0) is 49.6 Å². The van der Waals surface area contributed by atoms with E-state index in [4.69, 9.17) is 25.7 Å². The van der Waals surface area contributed by atoms with E-state index in [1.807, 2.05) is 18.2 Å². The number of carbonyl (C=O) groups excluding carboxylic acids is 1. The van der Waals surface area contributed by atoms with Crippen molar-refractivity contribution in [3.05, 3.63) is 47.8 Å². The number of aromatic nitrogens is 2.